The highest BCUT2D eigenvalue weighted by atomic mass is 16.6. The van der Waals surface area contributed by atoms with Crippen molar-refractivity contribution in [3.05, 3.63) is 0 Å². The highest BCUT2D eigenvalue weighted by molar-refractivity contribution is 5.87. The van der Waals surface area contributed by atoms with E-state index in [2.05, 4.69) is 5.32 Å². The lowest BCUT2D eigenvalue weighted by Gasteiger charge is -2.30. The summed E-state index contributed by atoms with van der Waals surface area (Å²) >= 11 is 0. The second-order valence-electron chi connectivity index (χ2n) is 7.14. The second kappa shape index (κ2) is 5.60. The molecule has 0 aliphatic carbocycles. The van der Waals surface area contributed by atoms with Crippen molar-refractivity contribution in [1.82, 2.24) is 10.2 Å². The van der Waals surface area contributed by atoms with Gasteiger partial charge in [0.05, 0.1) is 6.10 Å². The molecule has 1 heterocycles. The van der Waals surface area contributed by atoms with Crippen LogP contribution in [0.1, 0.15) is 48.5 Å². The molecule has 2 atom stereocenters. The Morgan fingerprint density at radius 2 is 1.75 bits per heavy atom. The van der Waals surface area contributed by atoms with Crippen LogP contribution in [-0.2, 0) is 14.3 Å². The summed E-state index contributed by atoms with van der Waals surface area (Å²) in [5.74, 6) is -0.228. The van der Waals surface area contributed by atoms with Crippen LogP contribution in [-0.4, -0.2) is 46.9 Å². The van der Waals surface area contributed by atoms with Gasteiger partial charge in [-0.2, -0.15) is 0 Å². The Morgan fingerprint density at radius 1 is 1.20 bits per heavy atom. The summed E-state index contributed by atoms with van der Waals surface area (Å²) in [5.41, 5.74) is -0.965. The molecule has 2 amide bonds. The molecule has 6 nitrogen and oxygen atoms in total. The van der Waals surface area contributed by atoms with E-state index in [0.29, 0.717) is 0 Å². The van der Waals surface area contributed by atoms with Crippen molar-refractivity contribution >= 4 is 12.0 Å². The molecule has 0 radical (unpaired) electrons. The number of nitrogens with one attached hydrogen (secondary N) is 1. The Bertz CT molecular complexity index is 382. The van der Waals surface area contributed by atoms with Gasteiger partial charge in [-0.05, 0) is 48.5 Å². The van der Waals surface area contributed by atoms with Crippen molar-refractivity contribution < 1.29 is 19.1 Å². The Kier molecular flexibility index (Phi) is 4.69. The number of carbonyl (C=O) groups is 2. The lowest BCUT2D eigenvalue weighted by molar-refractivity contribution is -0.127. The number of nitrogens with zero attached hydrogens (tertiary/aromatic N) is 1. The molecule has 1 aliphatic rings. The number of ether oxygens (including phenoxy) is 2. The molecule has 0 aromatic carbocycles. The van der Waals surface area contributed by atoms with Crippen LogP contribution in [0.25, 0.3) is 0 Å². The van der Waals surface area contributed by atoms with Crippen molar-refractivity contribution in [2.45, 2.75) is 71.8 Å². The minimum atomic E-state index is -0.663. The molecule has 0 bridgehead atoms. The van der Waals surface area contributed by atoms with E-state index in [1.54, 1.807) is 27.7 Å². The Morgan fingerprint density at radius 3 is 2.20 bits per heavy atom. The Hall–Kier alpha value is -1.30. The highest BCUT2D eigenvalue weighted by Gasteiger charge is 2.43. The quantitative estimate of drug-likeness (QED) is 0.799. The van der Waals surface area contributed by atoms with Crippen molar-refractivity contribution in [1.29, 1.82) is 0 Å². The summed E-state index contributed by atoms with van der Waals surface area (Å²) in [6, 6.07) is -0.663. The molecule has 0 unspecified atom stereocenters. The zero-order chi connectivity index (χ0) is 15.7. The molecular formula is C14H26N2O4. The maximum absolute atomic E-state index is 12.3. The third-order valence-electron chi connectivity index (χ3n) is 2.65. The van der Waals surface area contributed by atoms with E-state index in [4.69, 9.17) is 9.47 Å². The number of carbonyl (C=O) groups excluding carboxylic acids is 2. The van der Waals surface area contributed by atoms with E-state index < -0.39 is 17.7 Å². The zero-order valence-corrected chi connectivity index (χ0v) is 13.4. The lowest BCUT2D eigenvalue weighted by atomic mass is 10.1. The molecule has 6 heteroatoms. The lowest BCUT2D eigenvalue weighted by Crippen LogP contribution is -2.54. The van der Waals surface area contributed by atoms with E-state index in [-0.39, 0.29) is 24.3 Å². The maximum atomic E-state index is 12.3. The van der Waals surface area contributed by atoms with Crippen molar-refractivity contribution in [2.24, 2.45) is 0 Å². The molecular weight excluding hydrogens is 260 g/mol. The van der Waals surface area contributed by atoms with Crippen molar-refractivity contribution in [3.63, 3.8) is 0 Å². The number of hydrogen-bond acceptors (Lipinski definition) is 4. The fraction of sp³-hybridized carbons (Fsp3) is 0.857. The smallest absolute Gasteiger partial charge is 0.412 e. The van der Waals surface area contributed by atoms with Crippen LogP contribution in [0.4, 0.5) is 4.79 Å². The first kappa shape index (κ1) is 16.8. The predicted molar refractivity (Wildman–Crippen MR) is 75.2 cm³/mol. The topological polar surface area (TPSA) is 67.9 Å². The van der Waals surface area contributed by atoms with Crippen molar-refractivity contribution in [3.8, 4) is 0 Å². The van der Waals surface area contributed by atoms with E-state index in [1.165, 1.54) is 4.90 Å². The number of amides is 2. The van der Waals surface area contributed by atoms with Crippen LogP contribution in [0.3, 0.4) is 0 Å². The average Bonchev–Trinajstić information content (AvgIpc) is 2.54. The van der Waals surface area contributed by atoms with Gasteiger partial charge in [0.1, 0.15) is 18.4 Å². The van der Waals surface area contributed by atoms with Crippen LogP contribution in [0, 0.1) is 0 Å². The van der Waals surface area contributed by atoms with Gasteiger partial charge in [0.15, 0.2) is 0 Å². The number of rotatable bonds is 1. The van der Waals surface area contributed by atoms with Gasteiger partial charge in [-0.25, -0.2) is 4.79 Å². The van der Waals surface area contributed by atoms with Gasteiger partial charge in [0, 0.05) is 5.54 Å². The third kappa shape index (κ3) is 4.67. The van der Waals surface area contributed by atoms with Gasteiger partial charge >= 0.3 is 6.09 Å². The van der Waals surface area contributed by atoms with Gasteiger partial charge in [-0.15, -0.1) is 0 Å². The third-order valence-corrected chi connectivity index (χ3v) is 2.65. The van der Waals surface area contributed by atoms with E-state index in [1.807, 2.05) is 20.8 Å². The second-order valence-corrected chi connectivity index (χ2v) is 7.14. The molecule has 116 valence electrons. The summed E-state index contributed by atoms with van der Waals surface area (Å²) in [7, 11) is 0. The Balaban J connectivity index is 2.81. The van der Waals surface area contributed by atoms with E-state index in [0.717, 1.165) is 0 Å². The first-order valence-electron chi connectivity index (χ1n) is 6.84. The minimum Gasteiger partial charge on any atom is -0.444 e. The molecule has 20 heavy (non-hydrogen) atoms. The molecule has 0 aromatic heterocycles. The Labute approximate surface area is 120 Å². The first-order chi connectivity index (χ1) is 8.91. The SMILES string of the molecule is C[C@H]1OCN(C(=O)OC(C)(C)C)[C@@H]1C(=O)NC(C)(C)C. The van der Waals surface area contributed by atoms with Crippen LogP contribution in [0.2, 0.25) is 0 Å². The van der Waals surface area contributed by atoms with Gasteiger partial charge in [0.25, 0.3) is 0 Å². The average molecular weight is 286 g/mol. The molecule has 0 spiro atoms. The normalized spacial score (nSPS) is 23.6. The first-order valence-corrected chi connectivity index (χ1v) is 6.84. The molecule has 1 N–H and O–H groups in total. The van der Waals surface area contributed by atoms with Crippen LogP contribution in [0.5, 0.6) is 0 Å². The van der Waals surface area contributed by atoms with Gasteiger partial charge in [0.2, 0.25) is 5.91 Å². The van der Waals surface area contributed by atoms with Gasteiger partial charge in [-0.1, -0.05) is 0 Å². The summed E-state index contributed by atoms with van der Waals surface area (Å²) < 4.78 is 10.7. The fourth-order valence-corrected chi connectivity index (χ4v) is 1.91. The number of hydrogen-bond donors (Lipinski definition) is 1. The van der Waals surface area contributed by atoms with Crippen molar-refractivity contribution in [2.75, 3.05) is 6.73 Å². The molecule has 0 aromatic rings. The maximum Gasteiger partial charge on any atom is 0.412 e. The largest absolute Gasteiger partial charge is 0.444 e. The summed E-state index contributed by atoms with van der Waals surface area (Å²) in [6.07, 6.45) is -0.888. The molecule has 1 aliphatic heterocycles. The van der Waals surface area contributed by atoms with E-state index >= 15 is 0 Å². The summed E-state index contributed by atoms with van der Waals surface area (Å²) in [4.78, 5) is 25.8. The van der Waals surface area contributed by atoms with Crippen LogP contribution < -0.4 is 5.32 Å². The summed E-state index contributed by atoms with van der Waals surface area (Å²) in [5, 5.41) is 2.87. The standard InChI is InChI=1S/C14H26N2O4/c1-9-10(11(17)15-13(2,3)4)16(8-19-9)12(18)20-14(5,6)7/h9-10H,8H2,1-7H3,(H,15,17)/t9-,10+/m1/s1. The van der Waals surface area contributed by atoms with Gasteiger partial charge in [-0.3, -0.25) is 9.69 Å². The van der Waals surface area contributed by atoms with Crippen LogP contribution in [0.15, 0.2) is 0 Å². The van der Waals surface area contributed by atoms with E-state index in [9.17, 15) is 9.59 Å². The molecule has 1 saturated heterocycles. The fourth-order valence-electron chi connectivity index (χ4n) is 1.91. The predicted octanol–water partition coefficient (Wildman–Crippen LogP) is 1.88. The summed E-state index contributed by atoms with van der Waals surface area (Å²) in [6.45, 7) is 12.9. The van der Waals surface area contributed by atoms with Crippen LogP contribution >= 0.6 is 0 Å². The minimum absolute atomic E-state index is 0.0678. The van der Waals surface area contributed by atoms with Gasteiger partial charge < -0.3 is 14.8 Å². The molecule has 1 fully saturated rings. The highest BCUT2D eigenvalue weighted by Crippen LogP contribution is 2.21. The monoisotopic (exact) mass is 286 g/mol. The zero-order valence-electron chi connectivity index (χ0n) is 13.4. The molecule has 0 saturated carbocycles. The molecule has 1 rings (SSSR count).